The second-order valence-corrected chi connectivity index (χ2v) is 8.19. The van der Waals surface area contributed by atoms with E-state index in [-0.39, 0.29) is 25.7 Å². The van der Waals surface area contributed by atoms with Crippen LogP contribution in [0, 0.1) is 0 Å². The van der Waals surface area contributed by atoms with E-state index < -0.39 is 22.0 Å². The van der Waals surface area contributed by atoms with Crippen LogP contribution in [0.5, 0.6) is 5.75 Å². The van der Waals surface area contributed by atoms with Crippen molar-refractivity contribution in [1.82, 2.24) is 4.72 Å². The average Bonchev–Trinajstić information content (AvgIpc) is 2.59. The van der Waals surface area contributed by atoms with E-state index in [0.29, 0.717) is 5.75 Å². The van der Waals surface area contributed by atoms with Crippen molar-refractivity contribution >= 4 is 56.4 Å². The van der Waals surface area contributed by atoms with Crippen LogP contribution in [0.1, 0.15) is 6.92 Å². The third kappa shape index (κ3) is 5.02. The smallest absolute Gasteiger partial charge is 0.242 e. The van der Waals surface area contributed by atoms with Crippen molar-refractivity contribution in [2.45, 2.75) is 17.9 Å². The first-order valence-electron chi connectivity index (χ1n) is 7.26. The first-order valence-corrected chi connectivity index (χ1v) is 9.87. The van der Waals surface area contributed by atoms with Crippen LogP contribution in [0.15, 0.2) is 41.3 Å². The van der Waals surface area contributed by atoms with E-state index >= 15 is 0 Å². The highest BCUT2D eigenvalue weighted by molar-refractivity contribution is 7.89. The van der Waals surface area contributed by atoms with Gasteiger partial charge in [0.2, 0.25) is 15.9 Å². The summed E-state index contributed by atoms with van der Waals surface area (Å²) in [6.45, 7) is 1.40. The molecule has 0 spiro atoms. The van der Waals surface area contributed by atoms with Gasteiger partial charge in [0.1, 0.15) is 5.75 Å². The summed E-state index contributed by atoms with van der Waals surface area (Å²) in [4.78, 5) is 12.3. The largest absolute Gasteiger partial charge is 0.497 e. The molecule has 6 nitrogen and oxygen atoms in total. The zero-order valence-corrected chi connectivity index (χ0v) is 16.8. The Labute approximate surface area is 166 Å². The van der Waals surface area contributed by atoms with Gasteiger partial charge in [-0.05, 0) is 43.3 Å². The van der Waals surface area contributed by atoms with Gasteiger partial charge in [0, 0.05) is 0 Å². The Morgan fingerprint density at radius 3 is 2.19 bits per heavy atom. The number of hydrogen-bond acceptors (Lipinski definition) is 4. The number of methoxy groups -OCH3 is 1. The van der Waals surface area contributed by atoms with Crippen LogP contribution in [-0.4, -0.2) is 27.5 Å². The maximum absolute atomic E-state index is 12.4. The maximum atomic E-state index is 12.4. The topological polar surface area (TPSA) is 84.5 Å². The predicted molar refractivity (Wildman–Crippen MR) is 103 cm³/mol. The van der Waals surface area contributed by atoms with Crippen molar-refractivity contribution in [2.24, 2.45) is 0 Å². The third-order valence-electron chi connectivity index (χ3n) is 3.36. The molecule has 10 heteroatoms. The fourth-order valence-electron chi connectivity index (χ4n) is 1.97. The normalized spacial score (nSPS) is 12.5. The molecule has 0 aromatic heterocycles. The lowest BCUT2D eigenvalue weighted by Crippen LogP contribution is -2.41. The standard InChI is InChI=1S/C16H15Cl3N2O4S/c1-9(16(22)20-15-8-13(18)12(17)7-14(15)19)21-26(23,24)11-5-3-10(25-2)4-6-11/h3-9,21H,1-2H3,(H,20,22). The average molecular weight is 438 g/mol. The second kappa shape index (κ2) is 8.45. The van der Waals surface area contributed by atoms with Gasteiger partial charge in [0.25, 0.3) is 0 Å². The molecular formula is C16H15Cl3N2O4S. The van der Waals surface area contributed by atoms with Gasteiger partial charge in [-0.25, -0.2) is 8.42 Å². The van der Waals surface area contributed by atoms with Gasteiger partial charge in [-0.15, -0.1) is 0 Å². The minimum absolute atomic E-state index is 0.00511. The van der Waals surface area contributed by atoms with Crippen molar-refractivity contribution in [3.05, 3.63) is 51.5 Å². The van der Waals surface area contributed by atoms with Gasteiger partial charge >= 0.3 is 0 Å². The Balaban J connectivity index is 2.11. The molecule has 0 radical (unpaired) electrons. The van der Waals surface area contributed by atoms with Gasteiger partial charge < -0.3 is 10.1 Å². The summed E-state index contributed by atoms with van der Waals surface area (Å²) < 4.78 is 32.0. The lowest BCUT2D eigenvalue weighted by Gasteiger charge is -2.15. The van der Waals surface area contributed by atoms with Crippen LogP contribution in [-0.2, 0) is 14.8 Å². The molecule has 140 valence electrons. The summed E-state index contributed by atoms with van der Waals surface area (Å²) in [5.74, 6) is -0.0913. The molecule has 26 heavy (non-hydrogen) atoms. The SMILES string of the molecule is COc1ccc(S(=O)(=O)NC(C)C(=O)Nc2cc(Cl)c(Cl)cc2Cl)cc1. The fraction of sp³-hybridized carbons (Fsp3) is 0.188. The molecule has 1 unspecified atom stereocenters. The number of sulfonamides is 1. The maximum Gasteiger partial charge on any atom is 0.242 e. The lowest BCUT2D eigenvalue weighted by molar-refractivity contribution is -0.117. The summed E-state index contributed by atoms with van der Waals surface area (Å²) in [5.41, 5.74) is 0.224. The van der Waals surface area contributed by atoms with E-state index in [1.54, 1.807) is 0 Å². The number of halogens is 3. The summed E-state index contributed by atoms with van der Waals surface area (Å²) in [6.07, 6.45) is 0. The molecule has 2 aromatic carbocycles. The second-order valence-electron chi connectivity index (χ2n) is 5.25. The molecule has 0 heterocycles. The molecular weight excluding hydrogens is 423 g/mol. The number of nitrogens with one attached hydrogen (secondary N) is 2. The first kappa shape index (κ1) is 20.8. The highest BCUT2D eigenvalue weighted by Crippen LogP contribution is 2.32. The molecule has 0 aliphatic heterocycles. The molecule has 0 bridgehead atoms. The molecule has 2 N–H and O–H groups in total. The van der Waals surface area contributed by atoms with E-state index in [2.05, 4.69) is 10.0 Å². The van der Waals surface area contributed by atoms with E-state index in [4.69, 9.17) is 39.5 Å². The van der Waals surface area contributed by atoms with Crippen molar-refractivity contribution in [1.29, 1.82) is 0 Å². The Hall–Kier alpha value is -1.51. The molecule has 2 aromatic rings. The monoisotopic (exact) mass is 436 g/mol. The number of anilines is 1. The Kier molecular flexibility index (Phi) is 6.76. The van der Waals surface area contributed by atoms with Crippen LogP contribution in [0.3, 0.4) is 0 Å². The zero-order chi connectivity index (χ0) is 19.5. The summed E-state index contributed by atoms with van der Waals surface area (Å²) in [7, 11) is -2.42. The first-order chi connectivity index (χ1) is 12.1. The number of ether oxygens (including phenoxy) is 1. The van der Waals surface area contributed by atoms with Crippen LogP contribution in [0.4, 0.5) is 5.69 Å². The van der Waals surface area contributed by atoms with E-state index in [1.807, 2.05) is 0 Å². The van der Waals surface area contributed by atoms with Crippen LogP contribution in [0.2, 0.25) is 15.1 Å². The summed E-state index contributed by atoms with van der Waals surface area (Å²) >= 11 is 17.7. The molecule has 0 saturated carbocycles. The van der Waals surface area contributed by atoms with Crippen LogP contribution in [0.25, 0.3) is 0 Å². The van der Waals surface area contributed by atoms with Gasteiger partial charge in [-0.2, -0.15) is 4.72 Å². The van der Waals surface area contributed by atoms with Gasteiger partial charge in [-0.3, -0.25) is 4.79 Å². The third-order valence-corrected chi connectivity index (χ3v) is 5.95. The Morgan fingerprint density at radius 1 is 1.04 bits per heavy atom. The minimum Gasteiger partial charge on any atom is -0.497 e. The predicted octanol–water partition coefficient (Wildman–Crippen LogP) is 3.96. The molecule has 0 saturated heterocycles. The van der Waals surface area contributed by atoms with Gasteiger partial charge in [-0.1, -0.05) is 34.8 Å². The molecule has 0 aliphatic carbocycles. The van der Waals surface area contributed by atoms with E-state index in [1.165, 1.54) is 50.4 Å². The van der Waals surface area contributed by atoms with E-state index in [0.717, 1.165) is 0 Å². The molecule has 2 rings (SSSR count). The summed E-state index contributed by atoms with van der Waals surface area (Å²) in [5, 5.41) is 3.13. The number of carbonyl (C=O) groups is 1. The number of rotatable bonds is 6. The van der Waals surface area contributed by atoms with Crippen molar-refractivity contribution < 1.29 is 17.9 Å². The van der Waals surface area contributed by atoms with Crippen molar-refractivity contribution in [3.63, 3.8) is 0 Å². The van der Waals surface area contributed by atoms with Gasteiger partial charge in [0.15, 0.2) is 0 Å². The van der Waals surface area contributed by atoms with E-state index in [9.17, 15) is 13.2 Å². The van der Waals surface area contributed by atoms with Crippen LogP contribution < -0.4 is 14.8 Å². The highest BCUT2D eigenvalue weighted by atomic mass is 35.5. The number of hydrogen-bond donors (Lipinski definition) is 2. The number of benzene rings is 2. The lowest BCUT2D eigenvalue weighted by atomic mass is 10.3. The van der Waals surface area contributed by atoms with Crippen LogP contribution >= 0.6 is 34.8 Å². The number of amides is 1. The van der Waals surface area contributed by atoms with Gasteiger partial charge in [0.05, 0.1) is 38.8 Å². The summed E-state index contributed by atoms with van der Waals surface area (Å²) in [6, 6.07) is 7.47. The Morgan fingerprint density at radius 2 is 1.62 bits per heavy atom. The fourth-order valence-corrected chi connectivity index (χ4v) is 3.77. The Bertz CT molecular complexity index is 918. The molecule has 0 aliphatic rings. The van der Waals surface area contributed by atoms with Crippen molar-refractivity contribution in [2.75, 3.05) is 12.4 Å². The zero-order valence-electron chi connectivity index (χ0n) is 13.7. The highest BCUT2D eigenvalue weighted by Gasteiger charge is 2.23. The molecule has 1 amide bonds. The quantitative estimate of drug-likeness (QED) is 0.670. The molecule has 1 atom stereocenters. The van der Waals surface area contributed by atoms with Crippen molar-refractivity contribution in [3.8, 4) is 5.75 Å². The molecule has 0 fully saturated rings. The number of carbonyl (C=O) groups excluding carboxylic acids is 1. The minimum atomic E-state index is -3.89.